The van der Waals surface area contributed by atoms with Gasteiger partial charge in [-0.05, 0) is 31.9 Å². The number of thiazole rings is 1. The van der Waals surface area contributed by atoms with Gasteiger partial charge in [-0.25, -0.2) is 4.98 Å². The Hall–Kier alpha value is -1.93. The van der Waals surface area contributed by atoms with Crippen molar-refractivity contribution in [3.8, 4) is 6.07 Å². The van der Waals surface area contributed by atoms with E-state index < -0.39 is 6.10 Å². The van der Waals surface area contributed by atoms with E-state index in [1.165, 1.54) is 0 Å². The maximum atomic E-state index is 12.4. The van der Waals surface area contributed by atoms with Crippen molar-refractivity contribution in [1.29, 1.82) is 5.26 Å². The molecule has 0 spiro atoms. The van der Waals surface area contributed by atoms with Crippen LogP contribution in [0, 0.1) is 17.2 Å². The van der Waals surface area contributed by atoms with Gasteiger partial charge in [0.05, 0.1) is 21.1 Å². The summed E-state index contributed by atoms with van der Waals surface area (Å²) in [4.78, 5) is 17.1. The number of ether oxygens (including phenoxy) is 1. The topological polar surface area (TPSA) is 63.0 Å². The Balaban J connectivity index is 1.86. The highest BCUT2D eigenvalue weighted by atomic mass is 32.1. The number of hydrogen-bond acceptors (Lipinski definition) is 5. The molecule has 0 radical (unpaired) electrons. The summed E-state index contributed by atoms with van der Waals surface area (Å²) in [6.07, 6.45) is 3.23. The molecule has 0 bridgehead atoms. The van der Waals surface area contributed by atoms with Crippen LogP contribution < -0.4 is 0 Å². The molecule has 0 aliphatic heterocycles. The third kappa shape index (κ3) is 2.97. The summed E-state index contributed by atoms with van der Waals surface area (Å²) in [7, 11) is 0. The standard InChI is InChI=1S/C17H18N2O2S/c1-11(10-18)21-17(20)13-7-3-2-6-12(13)16-19-14-8-4-5-9-15(14)22-16/h4-5,8-9,11-13H,2-3,6-7H2,1H3/t11-,12+,13+/m1/s1. The summed E-state index contributed by atoms with van der Waals surface area (Å²) in [5, 5.41) is 9.84. The molecule has 0 amide bonds. The van der Waals surface area contributed by atoms with Gasteiger partial charge in [-0.1, -0.05) is 25.0 Å². The lowest BCUT2D eigenvalue weighted by Gasteiger charge is -2.28. The minimum Gasteiger partial charge on any atom is -0.447 e. The van der Waals surface area contributed by atoms with Crippen LogP contribution in [-0.2, 0) is 9.53 Å². The van der Waals surface area contributed by atoms with Gasteiger partial charge in [0, 0.05) is 5.92 Å². The van der Waals surface area contributed by atoms with Crippen LogP contribution in [-0.4, -0.2) is 17.1 Å². The molecule has 3 atom stereocenters. The van der Waals surface area contributed by atoms with Gasteiger partial charge >= 0.3 is 5.97 Å². The van der Waals surface area contributed by atoms with Crippen LogP contribution in [0.3, 0.4) is 0 Å². The summed E-state index contributed by atoms with van der Waals surface area (Å²) >= 11 is 1.67. The average molecular weight is 314 g/mol. The van der Waals surface area contributed by atoms with Crippen molar-refractivity contribution in [2.24, 2.45) is 5.92 Å². The quantitative estimate of drug-likeness (QED) is 0.803. The second-order valence-electron chi connectivity index (χ2n) is 5.73. The van der Waals surface area contributed by atoms with Gasteiger partial charge in [-0.2, -0.15) is 5.26 Å². The van der Waals surface area contributed by atoms with E-state index in [1.54, 1.807) is 18.3 Å². The number of hydrogen-bond donors (Lipinski definition) is 0. The predicted octanol–water partition coefficient (Wildman–Crippen LogP) is 4.03. The van der Waals surface area contributed by atoms with E-state index in [1.807, 2.05) is 24.3 Å². The van der Waals surface area contributed by atoms with Crippen molar-refractivity contribution in [2.75, 3.05) is 0 Å². The number of fused-ring (bicyclic) bond motifs is 1. The fourth-order valence-electron chi connectivity index (χ4n) is 3.05. The number of aromatic nitrogens is 1. The third-order valence-corrected chi connectivity index (χ3v) is 5.34. The Bertz CT molecular complexity index is 686. The molecule has 0 unspecified atom stereocenters. The van der Waals surface area contributed by atoms with Crippen LogP contribution in [0.2, 0.25) is 0 Å². The van der Waals surface area contributed by atoms with Gasteiger partial charge in [0.1, 0.15) is 6.07 Å². The van der Waals surface area contributed by atoms with E-state index >= 15 is 0 Å². The zero-order chi connectivity index (χ0) is 15.5. The average Bonchev–Trinajstić information content (AvgIpc) is 2.98. The van der Waals surface area contributed by atoms with Crippen molar-refractivity contribution in [3.05, 3.63) is 29.3 Å². The minimum atomic E-state index is -0.689. The van der Waals surface area contributed by atoms with Gasteiger partial charge in [0.15, 0.2) is 6.10 Å². The summed E-state index contributed by atoms with van der Waals surface area (Å²) in [5.74, 6) is -0.312. The van der Waals surface area contributed by atoms with Crippen LogP contribution in [0.5, 0.6) is 0 Å². The molecule has 1 saturated carbocycles. The second-order valence-corrected chi connectivity index (χ2v) is 6.79. The smallest absolute Gasteiger partial charge is 0.310 e. The summed E-state index contributed by atoms with van der Waals surface area (Å²) in [6.45, 7) is 1.60. The lowest BCUT2D eigenvalue weighted by molar-refractivity contribution is -0.152. The van der Waals surface area contributed by atoms with Crippen LogP contribution in [0.15, 0.2) is 24.3 Å². The zero-order valence-corrected chi connectivity index (χ0v) is 13.3. The molecule has 1 heterocycles. The van der Waals surface area contributed by atoms with Gasteiger partial charge < -0.3 is 4.74 Å². The molecule has 5 heteroatoms. The first-order chi connectivity index (χ1) is 10.7. The summed E-state index contributed by atoms with van der Waals surface area (Å²) < 4.78 is 6.39. The first-order valence-electron chi connectivity index (χ1n) is 7.64. The first-order valence-corrected chi connectivity index (χ1v) is 8.46. The molecule has 1 aliphatic carbocycles. The highest BCUT2D eigenvalue weighted by Gasteiger charge is 2.35. The van der Waals surface area contributed by atoms with E-state index in [9.17, 15) is 4.79 Å². The molecule has 2 aromatic rings. The van der Waals surface area contributed by atoms with Crippen molar-refractivity contribution < 1.29 is 9.53 Å². The number of carbonyl (C=O) groups excluding carboxylic acids is 1. The molecule has 0 saturated heterocycles. The molecule has 4 nitrogen and oxygen atoms in total. The Kier molecular flexibility index (Phi) is 4.39. The highest BCUT2D eigenvalue weighted by Crippen LogP contribution is 2.41. The molecule has 1 aromatic heterocycles. The van der Waals surface area contributed by atoms with E-state index in [4.69, 9.17) is 15.0 Å². The molecule has 0 N–H and O–H groups in total. The Morgan fingerprint density at radius 3 is 2.95 bits per heavy atom. The van der Waals surface area contributed by atoms with Crippen LogP contribution in [0.4, 0.5) is 0 Å². The molecule has 1 fully saturated rings. The SMILES string of the molecule is C[C@H](C#N)OC(=O)[C@H]1CCCC[C@@H]1c1nc2ccccc2s1. The van der Waals surface area contributed by atoms with Crippen LogP contribution in [0.1, 0.15) is 43.5 Å². The monoisotopic (exact) mass is 314 g/mol. The maximum Gasteiger partial charge on any atom is 0.310 e. The van der Waals surface area contributed by atoms with Gasteiger partial charge in [0.25, 0.3) is 0 Å². The Morgan fingerprint density at radius 1 is 1.41 bits per heavy atom. The maximum absolute atomic E-state index is 12.4. The molecular formula is C17H18N2O2S. The molecule has 1 aromatic carbocycles. The first kappa shape index (κ1) is 15.0. The predicted molar refractivity (Wildman–Crippen MR) is 85.5 cm³/mol. The minimum absolute atomic E-state index is 0.115. The fraction of sp³-hybridized carbons (Fsp3) is 0.471. The molecule has 114 valence electrons. The third-order valence-electron chi connectivity index (χ3n) is 4.17. The lowest BCUT2D eigenvalue weighted by atomic mass is 9.79. The van der Waals surface area contributed by atoms with E-state index in [-0.39, 0.29) is 17.8 Å². The van der Waals surface area contributed by atoms with E-state index in [0.717, 1.165) is 40.9 Å². The Morgan fingerprint density at radius 2 is 2.18 bits per heavy atom. The number of nitriles is 1. The summed E-state index contributed by atoms with van der Waals surface area (Å²) in [5.41, 5.74) is 0.991. The molecule has 22 heavy (non-hydrogen) atoms. The van der Waals surface area contributed by atoms with Crippen molar-refractivity contribution in [3.63, 3.8) is 0 Å². The van der Waals surface area contributed by atoms with Gasteiger partial charge in [0.2, 0.25) is 0 Å². The number of rotatable bonds is 3. The van der Waals surface area contributed by atoms with E-state index in [2.05, 4.69) is 6.07 Å². The van der Waals surface area contributed by atoms with Crippen LogP contribution in [0.25, 0.3) is 10.2 Å². The van der Waals surface area contributed by atoms with Gasteiger partial charge in [-0.3, -0.25) is 4.79 Å². The Labute approximate surface area is 133 Å². The number of carbonyl (C=O) groups is 1. The summed E-state index contributed by atoms with van der Waals surface area (Å²) in [6, 6.07) is 10.0. The molecular weight excluding hydrogens is 296 g/mol. The largest absolute Gasteiger partial charge is 0.447 e. The number of nitrogens with zero attached hydrogens (tertiary/aromatic N) is 2. The normalized spacial score (nSPS) is 22.9. The number of esters is 1. The van der Waals surface area contributed by atoms with E-state index in [0.29, 0.717) is 0 Å². The van der Waals surface area contributed by atoms with Crippen LogP contribution >= 0.6 is 11.3 Å². The number of benzene rings is 1. The molecule has 1 aliphatic rings. The van der Waals surface area contributed by atoms with Crippen molar-refractivity contribution in [2.45, 2.75) is 44.6 Å². The van der Waals surface area contributed by atoms with Crippen molar-refractivity contribution >= 4 is 27.5 Å². The second kappa shape index (κ2) is 6.45. The van der Waals surface area contributed by atoms with Gasteiger partial charge in [-0.15, -0.1) is 11.3 Å². The lowest BCUT2D eigenvalue weighted by Crippen LogP contribution is -2.29. The van der Waals surface area contributed by atoms with Crippen molar-refractivity contribution in [1.82, 2.24) is 4.98 Å². The molecule has 3 rings (SSSR count). The zero-order valence-electron chi connectivity index (χ0n) is 12.5. The fourth-order valence-corrected chi connectivity index (χ4v) is 4.21. The highest BCUT2D eigenvalue weighted by molar-refractivity contribution is 7.18. The number of para-hydroxylation sites is 1.